The highest BCUT2D eigenvalue weighted by molar-refractivity contribution is 5.70. The maximum absolute atomic E-state index is 11.4. The number of hydrogen-bond donors (Lipinski definition) is 0. The average molecular weight is 1210 g/mol. The lowest BCUT2D eigenvalue weighted by atomic mass is 9.70. The van der Waals surface area contributed by atoms with Crippen molar-refractivity contribution >= 4 is 35.8 Å². The molecule has 11 unspecified atom stereocenters. The van der Waals surface area contributed by atoms with Crippen molar-refractivity contribution in [2.75, 3.05) is 0 Å². The highest BCUT2D eigenvalue weighted by atomic mass is 16.6. The summed E-state index contributed by atoms with van der Waals surface area (Å²) in [5.41, 5.74) is 3.06. The third-order valence-corrected chi connectivity index (χ3v) is 29.4. The van der Waals surface area contributed by atoms with Crippen molar-refractivity contribution in [1.29, 1.82) is 0 Å². The summed E-state index contributed by atoms with van der Waals surface area (Å²) in [6.45, 7) is 51.2. The molecule has 0 heterocycles. The number of carbonyl (C=O) groups excluding carboxylic acids is 6. The minimum atomic E-state index is -0.128. The van der Waals surface area contributed by atoms with Gasteiger partial charge in [-0.2, -0.15) is 0 Å². The molecule has 12 rings (SSSR count). The molecule has 0 amide bonds. The second kappa shape index (κ2) is 24.1. The van der Waals surface area contributed by atoms with Gasteiger partial charge in [-0.25, -0.2) is 0 Å². The first-order chi connectivity index (χ1) is 39.3. The Bertz CT molecular complexity index is 2340. The van der Waals surface area contributed by atoms with Crippen molar-refractivity contribution < 1.29 is 57.2 Å². The number of fused-ring (bicyclic) bond motifs is 12. The van der Waals surface area contributed by atoms with Crippen molar-refractivity contribution in [2.24, 2.45) is 100 Å². The molecule has 0 aromatic heterocycles. The van der Waals surface area contributed by atoms with Crippen LogP contribution in [-0.2, 0) is 57.2 Å². The number of ether oxygens (including phenoxy) is 6. The molecule has 0 saturated heterocycles. The van der Waals surface area contributed by atoms with Gasteiger partial charge in [-0.15, -0.1) is 0 Å². The van der Waals surface area contributed by atoms with Crippen LogP contribution in [0.4, 0.5) is 0 Å². The standard InChI is InChI=1S/2C13H22O2.4C12H20O2/c2*1-5-11(14)15-10-8-9-6-7-13(10,4)12(9,2)3;2*1-8(13)14-10-11(2,3)9-5-6-12(10,4)7-9;2*1-8(13)14-10-7-9-5-6-12(10,4)11(9,2)3/h2*9-10H,5-8H2,1-4H3;4*9-10H,5-7H2,1-4H3/t9-,10-,13+;;9?,10-,12?;;9-,10+,12+;/m0.0.0./s1. The monoisotopic (exact) mass is 1200 g/mol. The third-order valence-electron chi connectivity index (χ3n) is 29.4. The average Bonchev–Trinajstić information content (AvgIpc) is 1.80. The van der Waals surface area contributed by atoms with E-state index in [0.717, 1.165) is 61.2 Å². The van der Waals surface area contributed by atoms with Gasteiger partial charge >= 0.3 is 35.8 Å². The first kappa shape index (κ1) is 70.3. The Kier molecular flexibility index (Phi) is 19.7. The summed E-state index contributed by atoms with van der Waals surface area (Å²) >= 11 is 0. The second-order valence-electron chi connectivity index (χ2n) is 35.1. The molecule has 12 saturated carbocycles. The molecule has 12 fully saturated rings. The van der Waals surface area contributed by atoms with Gasteiger partial charge in [0.1, 0.15) is 36.6 Å². The molecular weight excluding hydrogens is 1080 g/mol. The molecule has 12 heteroatoms. The molecule has 0 radical (unpaired) electrons. The van der Waals surface area contributed by atoms with E-state index in [1.807, 2.05) is 13.8 Å². The fraction of sp³-hybridized carbons (Fsp3) is 0.919. The molecule has 0 aromatic carbocycles. The van der Waals surface area contributed by atoms with E-state index in [1.54, 1.807) is 0 Å². The molecule has 12 bridgehead atoms. The summed E-state index contributed by atoms with van der Waals surface area (Å²) in [7, 11) is 0. The van der Waals surface area contributed by atoms with Crippen LogP contribution in [-0.4, -0.2) is 72.4 Å². The smallest absolute Gasteiger partial charge is 0.305 e. The third kappa shape index (κ3) is 12.0. The van der Waals surface area contributed by atoms with E-state index in [4.69, 9.17) is 28.4 Å². The summed E-state index contributed by atoms with van der Waals surface area (Å²) in [5.74, 6) is 3.90. The van der Waals surface area contributed by atoms with Crippen molar-refractivity contribution in [3.63, 3.8) is 0 Å². The lowest BCUT2D eigenvalue weighted by Crippen LogP contribution is -2.43. The van der Waals surface area contributed by atoms with E-state index < -0.39 is 0 Å². The van der Waals surface area contributed by atoms with Gasteiger partial charge in [-0.05, 0) is 173 Å². The highest BCUT2D eigenvalue weighted by Crippen LogP contribution is 2.70. The SMILES string of the molecule is CC(=O)OC1C2(C)CCC(C2)C1(C)C.CC(=O)OC1CC2CCC1(C)C2(C)C.CC(=O)O[C@@H]1C2(C)CCC(C2)C1(C)C.CC(=O)O[C@@H]1C[C@@H]2CC[C@@]1(C)C2(C)C.CCC(=O)OC1CC2CCC1(C)C2(C)C.CCC(=O)O[C@H]1C[C@@H]2CC[C@@]1(C)C2(C)C. The molecule has 0 spiro atoms. The van der Waals surface area contributed by atoms with E-state index in [0.29, 0.717) is 34.5 Å². The summed E-state index contributed by atoms with van der Waals surface area (Å²) in [6.07, 6.45) is 23.8. The minimum Gasteiger partial charge on any atom is -0.462 e. The number of esters is 6. The molecule has 0 N–H and O–H groups in total. The Morgan fingerprint density at radius 3 is 0.698 bits per heavy atom. The van der Waals surface area contributed by atoms with Gasteiger partial charge in [-0.1, -0.05) is 138 Å². The van der Waals surface area contributed by atoms with Gasteiger partial charge in [0.25, 0.3) is 0 Å². The summed E-state index contributed by atoms with van der Waals surface area (Å²) in [5, 5.41) is 0. The van der Waals surface area contributed by atoms with Crippen LogP contribution >= 0.6 is 0 Å². The van der Waals surface area contributed by atoms with Gasteiger partial charge in [0, 0.05) is 83.9 Å². The van der Waals surface area contributed by atoms with Crippen LogP contribution < -0.4 is 0 Å². The van der Waals surface area contributed by atoms with E-state index in [1.165, 1.54) is 118 Å². The van der Waals surface area contributed by atoms with Gasteiger partial charge in [0.2, 0.25) is 0 Å². The molecular formula is C74H124O12. The molecule has 18 atom stereocenters. The van der Waals surface area contributed by atoms with Crippen LogP contribution in [0.1, 0.15) is 295 Å². The number of carbonyl (C=O) groups is 6. The molecule has 12 nitrogen and oxygen atoms in total. The van der Waals surface area contributed by atoms with E-state index in [-0.39, 0.29) is 116 Å². The van der Waals surface area contributed by atoms with Crippen molar-refractivity contribution in [3.8, 4) is 0 Å². The highest BCUT2D eigenvalue weighted by Gasteiger charge is 2.67. The Labute approximate surface area is 522 Å². The van der Waals surface area contributed by atoms with E-state index in [2.05, 4.69) is 125 Å². The molecule has 12 aliphatic rings. The van der Waals surface area contributed by atoms with Crippen LogP contribution in [0.5, 0.6) is 0 Å². The van der Waals surface area contributed by atoms with Crippen LogP contribution in [0.3, 0.4) is 0 Å². The predicted molar refractivity (Wildman–Crippen MR) is 338 cm³/mol. The van der Waals surface area contributed by atoms with Crippen molar-refractivity contribution in [1.82, 2.24) is 0 Å². The van der Waals surface area contributed by atoms with E-state index in [9.17, 15) is 28.8 Å². The first-order valence-electron chi connectivity index (χ1n) is 34.4. The Morgan fingerprint density at radius 2 is 0.535 bits per heavy atom. The van der Waals surface area contributed by atoms with Gasteiger partial charge in [-0.3, -0.25) is 28.8 Å². The maximum Gasteiger partial charge on any atom is 0.305 e. The lowest BCUT2D eigenvalue weighted by Gasteiger charge is -2.41. The zero-order valence-electron chi connectivity index (χ0n) is 59.0. The molecule has 0 aliphatic heterocycles. The predicted octanol–water partition coefficient (Wildman–Crippen LogP) is 17.4. The summed E-state index contributed by atoms with van der Waals surface area (Å²) < 4.78 is 33.1. The van der Waals surface area contributed by atoms with E-state index >= 15 is 0 Å². The maximum atomic E-state index is 11.4. The van der Waals surface area contributed by atoms with Crippen LogP contribution in [0, 0.1) is 100 Å². The molecule has 492 valence electrons. The first-order valence-corrected chi connectivity index (χ1v) is 34.4. The molecule has 86 heavy (non-hydrogen) atoms. The Morgan fingerprint density at radius 1 is 0.314 bits per heavy atom. The van der Waals surface area contributed by atoms with Crippen LogP contribution in [0.25, 0.3) is 0 Å². The minimum absolute atomic E-state index is 0.0374. The fourth-order valence-electron chi connectivity index (χ4n) is 21.6. The zero-order chi connectivity index (χ0) is 64.8. The summed E-state index contributed by atoms with van der Waals surface area (Å²) in [6, 6.07) is 0. The number of hydrogen-bond acceptors (Lipinski definition) is 12. The fourth-order valence-corrected chi connectivity index (χ4v) is 21.6. The number of rotatable bonds is 8. The largest absolute Gasteiger partial charge is 0.462 e. The van der Waals surface area contributed by atoms with Gasteiger partial charge < -0.3 is 28.4 Å². The van der Waals surface area contributed by atoms with Crippen molar-refractivity contribution in [3.05, 3.63) is 0 Å². The summed E-state index contributed by atoms with van der Waals surface area (Å²) in [4.78, 5) is 66.9. The van der Waals surface area contributed by atoms with Crippen molar-refractivity contribution in [2.45, 2.75) is 331 Å². The van der Waals surface area contributed by atoms with Crippen LogP contribution in [0.15, 0.2) is 0 Å². The lowest BCUT2D eigenvalue weighted by molar-refractivity contribution is -0.162. The topological polar surface area (TPSA) is 158 Å². The molecule has 12 aliphatic carbocycles. The Balaban J connectivity index is 0.000000148. The second-order valence-corrected chi connectivity index (χ2v) is 35.1. The quantitative estimate of drug-likeness (QED) is 0.168. The Hall–Kier alpha value is -3.18. The molecule has 0 aromatic rings. The van der Waals surface area contributed by atoms with Gasteiger partial charge in [0.05, 0.1) is 0 Å². The normalized spacial score (nSPS) is 43.3. The van der Waals surface area contributed by atoms with Crippen LogP contribution in [0.2, 0.25) is 0 Å². The van der Waals surface area contributed by atoms with Gasteiger partial charge in [0.15, 0.2) is 0 Å². The zero-order valence-corrected chi connectivity index (χ0v) is 59.0.